The van der Waals surface area contributed by atoms with E-state index in [-0.39, 0.29) is 27.8 Å². The molecule has 0 aliphatic heterocycles. The largest absolute Gasteiger partial charge is 0.496 e. The zero-order valence-corrected chi connectivity index (χ0v) is 16.5. The SMILES string of the molecule is CCOC(=O)c1cc(NS(=O)(=O)c2ccc(OC)c(Br)c2)ccc1Cl. The summed E-state index contributed by atoms with van der Waals surface area (Å²) in [4.78, 5) is 11.9. The zero-order valence-electron chi connectivity index (χ0n) is 13.4. The highest BCUT2D eigenvalue weighted by molar-refractivity contribution is 9.10. The number of carbonyl (C=O) groups is 1. The van der Waals surface area contributed by atoms with E-state index in [1.165, 1.54) is 43.5 Å². The summed E-state index contributed by atoms with van der Waals surface area (Å²) in [7, 11) is -2.38. The number of esters is 1. The smallest absolute Gasteiger partial charge is 0.339 e. The highest BCUT2D eigenvalue weighted by Crippen LogP contribution is 2.29. The lowest BCUT2D eigenvalue weighted by Crippen LogP contribution is -2.14. The van der Waals surface area contributed by atoms with E-state index in [9.17, 15) is 13.2 Å². The van der Waals surface area contributed by atoms with Crippen LogP contribution in [-0.4, -0.2) is 28.1 Å². The first kappa shape index (κ1) is 19.6. The second-order valence-corrected chi connectivity index (χ2v) is 7.76. The predicted octanol–water partition coefficient (Wildman–Crippen LogP) is 4.09. The molecule has 0 heterocycles. The van der Waals surface area contributed by atoms with E-state index in [0.717, 1.165) is 0 Å². The first-order valence-electron chi connectivity index (χ1n) is 7.11. The number of carbonyl (C=O) groups excluding carboxylic acids is 1. The monoisotopic (exact) mass is 447 g/mol. The number of methoxy groups -OCH3 is 1. The number of benzene rings is 2. The third kappa shape index (κ3) is 4.65. The van der Waals surface area contributed by atoms with Crippen molar-refractivity contribution in [1.82, 2.24) is 0 Å². The summed E-state index contributed by atoms with van der Waals surface area (Å²) in [6, 6.07) is 8.58. The van der Waals surface area contributed by atoms with Crippen molar-refractivity contribution in [2.75, 3.05) is 18.4 Å². The van der Waals surface area contributed by atoms with Crippen LogP contribution in [0.3, 0.4) is 0 Å². The van der Waals surface area contributed by atoms with Crippen LogP contribution in [0.15, 0.2) is 45.8 Å². The highest BCUT2D eigenvalue weighted by Gasteiger charge is 2.18. The van der Waals surface area contributed by atoms with Crippen LogP contribution in [0.1, 0.15) is 17.3 Å². The lowest BCUT2D eigenvalue weighted by atomic mass is 10.2. The number of rotatable bonds is 6. The molecule has 2 aromatic carbocycles. The van der Waals surface area contributed by atoms with Crippen molar-refractivity contribution in [2.24, 2.45) is 0 Å². The zero-order chi connectivity index (χ0) is 18.6. The lowest BCUT2D eigenvalue weighted by molar-refractivity contribution is 0.0526. The normalized spacial score (nSPS) is 11.0. The summed E-state index contributed by atoms with van der Waals surface area (Å²) in [6.07, 6.45) is 0. The van der Waals surface area contributed by atoms with Crippen LogP contribution in [0.5, 0.6) is 5.75 Å². The maximum atomic E-state index is 12.5. The van der Waals surface area contributed by atoms with E-state index in [2.05, 4.69) is 20.7 Å². The Kier molecular flexibility index (Phi) is 6.31. The maximum Gasteiger partial charge on any atom is 0.339 e. The molecule has 0 saturated carbocycles. The second kappa shape index (κ2) is 8.07. The maximum absolute atomic E-state index is 12.5. The van der Waals surface area contributed by atoms with Crippen LogP contribution in [0.2, 0.25) is 5.02 Å². The van der Waals surface area contributed by atoms with Crippen LogP contribution in [0.4, 0.5) is 5.69 Å². The fourth-order valence-corrected chi connectivity index (χ4v) is 3.94. The molecular weight excluding hydrogens is 434 g/mol. The summed E-state index contributed by atoms with van der Waals surface area (Å²) in [5.74, 6) is -0.115. The second-order valence-electron chi connectivity index (χ2n) is 4.82. The van der Waals surface area contributed by atoms with Crippen molar-refractivity contribution < 1.29 is 22.7 Å². The van der Waals surface area contributed by atoms with Crippen molar-refractivity contribution in [3.05, 3.63) is 51.5 Å². The predicted molar refractivity (Wildman–Crippen MR) is 98.9 cm³/mol. The minimum absolute atomic E-state index is 0.0350. The first-order chi connectivity index (χ1) is 11.8. The summed E-state index contributed by atoms with van der Waals surface area (Å²) in [6.45, 7) is 1.85. The molecule has 0 bridgehead atoms. The van der Waals surface area contributed by atoms with Gasteiger partial charge in [-0.05, 0) is 59.3 Å². The Bertz CT molecular complexity index is 901. The van der Waals surface area contributed by atoms with Crippen LogP contribution >= 0.6 is 27.5 Å². The molecule has 6 nitrogen and oxygen atoms in total. The molecule has 0 spiro atoms. The van der Waals surface area contributed by atoms with Crippen molar-refractivity contribution in [2.45, 2.75) is 11.8 Å². The van der Waals surface area contributed by atoms with Gasteiger partial charge < -0.3 is 9.47 Å². The Hall–Kier alpha value is -1.77. The Morgan fingerprint density at radius 1 is 1.24 bits per heavy atom. The summed E-state index contributed by atoms with van der Waals surface area (Å²) in [5.41, 5.74) is 0.277. The number of hydrogen-bond donors (Lipinski definition) is 1. The van der Waals surface area contributed by atoms with Crippen molar-refractivity contribution >= 4 is 49.2 Å². The molecule has 0 aliphatic rings. The van der Waals surface area contributed by atoms with Gasteiger partial charge in [-0.15, -0.1) is 0 Å². The number of hydrogen-bond acceptors (Lipinski definition) is 5. The van der Waals surface area contributed by atoms with Gasteiger partial charge in [0.25, 0.3) is 10.0 Å². The van der Waals surface area contributed by atoms with Crippen molar-refractivity contribution in [3.8, 4) is 5.75 Å². The number of anilines is 1. The van der Waals surface area contributed by atoms with Gasteiger partial charge in [0.15, 0.2) is 0 Å². The van der Waals surface area contributed by atoms with Crippen LogP contribution in [0.25, 0.3) is 0 Å². The minimum atomic E-state index is -3.86. The number of halogens is 2. The van der Waals surface area contributed by atoms with E-state index >= 15 is 0 Å². The first-order valence-corrected chi connectivity index (χ1v) is 9.77. The molecule has 25 heavy (non-hydrogen) atoms. The molecule has 0 aliphatic carbocycles. The minimum Gasteiger partial charge on any atom is -0.496 e. The summed E-state index contributed by atoms with van der Waals surface area (Å²) in [5, 5.41) is 0.175. The van der Waals surface area contributed by atoms with Gasteiger partial charge in [0, 0.05) is 5.69 Å². The van der Waals surface area contributed by atoms with Gasteiger partial charge in [-0.25, -0.2) is 13.2 Å². The van der Waals surface area contributed by atoms with Crippen LogP contribution in [0, 0.1) is 0 Å². The third-order valence-electron chi connectivity index (χ3n) is 3.15. The molecule has 0 fully saturated rings. The van der Waals surface area contributed by atoms with E-state index in [0.29, 0.717) is 10.2 Å². The fraction of sp³-hybridized carbons (Fsp3) is 0.188. The molecule has 0 amide bonds. The molecule has 0 radical (unpaired) electrons. The molecule has 134 valence electrons. The molecule has 2 aromatic rings. The van der Waals surface area contributed by atoms with Gasteiger partial charge >= 0.3 is 5.97 Å². The molecule has 1 N–H and O–H groups in total. The number of nitrogens with one attached hydrogen (secondary N) is 1. The number of ether oxygens (including phenoxy) is 2. The molecule has 0 unspecified atom stereocenters. The quantitative estimate of drug-likeness (QED) is 0.673. The average Bonchev–Trinajstić information content (AvgIpc) is 2.56. The molecule has 2 rings (SSSR count). The molecule has 0 aromatic heterocycles. The fourth-order valence-electron chi connectivity index (χ4n) is 1.98. The van der Waals surface area contributed by atoms with Crippen molar-refractivity contribution in [1.29, 1.82) is 0 Å². The van der Waals surface area contributed by atoms with Gasteiger partial charge in [-0.2, -0.15) is 0 Å². The van der Waals surface area contributed by atoms with Crippen LogP contribution < -0.4 is 9.46 Å². The lowest BCUT2D eigenvalue weighted by Gasteiger charge is -2.11. The van der Waals surface area contributed by atoms with Gasteiger partial charge in [0.05, 0.1) is 33.7 Å². The van der Waals surface area contributed by atoms with E-state index in [1.807, 2.05) is 0 Å². The molecule has 0 saturated heterocycles. The Morgan fingerprint density at radius 2 is 1.96 bits per heavy atom. The average molecular weight is 449 g/mol. The van der Waals surface area contributed by atoms with Gasteiger partial charge in [0.2, 0.25) is 0 Å². The Balaban J connectivity index is 2.33. The molecule has 9 heteroatoms. The number of sulfonamides is 1. The molecule has 0 atom stereocenters. The van der Waals surface area contributed by atoms with Gasteiger partial charge in [-0.3, -0.25) is 4.72 Å². The Morgan fingerprint density at radius 3 is 2.56 bits per heavy atom. The van der Waals surface area contributed by atoms with Gasteiger partial charge in [0.1, 0.15) is 5.75 Å². The topological polar surface area (TPSA) is 81.7 Å². The van der Waals surface area contributed by atoms with E-state index < -0.39 is 16.0 Å². The van der Waals surface area contributed by atoms with E-state index in [4.69, 9.17) is 21.1 Å². The van der Waals surface area contributed by atoms with Crippen LogP contribution in [-0.2, 0) is 14.8 Å². The standard InChI is InChI=1S/C16H15BrClNO5S/c1-3-24-16(20)12-8-10(4-6-14(12)18)19-25(21,22)11-5-7-15(23-2)13(17)9-11/h4-9,19H,3H2,1-2H3. The third-order valence-corrected chi connectivity index (χ3v) is 5.48. The van der Waals surface area contributed by atoms with Gasteiger partial charge in [-0.1, -0.05) is 11.6 Å². The summed E-state index contributed by atoms with van der Waals surface area (Å²) < 4.78 is 37.9. The van der Waals surface area contributed by atoms with Crippen molar-refractivity contribution in [3.63, 3.8) is 0 Å². The molecular formula is C16H15BrClNO5S. The van der Waals surface area contributed by atoms with E-state index in [1.54, 1.807) is 6.92 Å². The highest BCUT2D eigenvalue weighted by atomic mass is 79.9. The Labute approximate surface area is 159 Å². The summed E-state index contributed by atoms with van der Waals surface area (Å²) >= 11 is 9.22.